The summed E-state index contributed by atoms with van der Waals surface area (Å²) in [6, 6.07) is 3.63. The number of alkyl halides is 1. The van der Waals surface area contributed by atoms with E-state index >= 15 is 0 Å². The zero-order chi connectivity index (χ0) is 9.97. The average molecular weight is 210 g/mol. The Hall–Kier alpha value is -1.42. The normalized spacial score (nSPS) is 12.7. The molecule has 0 spiro atoms. The minimum atomic E-state index is -0.266. The van der Waals surface area contributed by atoms with E-state index in [1.807, 2.05) is 12.1 Å². The van der Waals surface area contributed by atoms with Crippen molar-refractivity contribution in [3.63, 3.8) is 0 Å². The van der Waals surface area contributed by atoms with Crippen LogP contribution in [0.25, 0.3) is 11.4 Å². The fraction of sp³-hybridized carbons (Fsp3) is 0.222. The fourth-order valence-corrected chi connectivity index (χ4v) is 1.10. The molecule has 2 aromatic rings. The van der Waals surface area contributed by atoms with Crippen LogP contribution in [-0.2, 0) is 0 Å². The molecule has 14 heavy (non-hydrogen) atoms. The maximum Gasteiger partial charge on any atom is 0.244 e. The average Bonchev–Trinajstić information content (AvgIpc) is 2.68. The van der Waals surface area contributed by atoms with E-state index in [1.165, 1.54) is 0 Å². The van der Waals surface area contributed by atoms with E-state index in [9.17, 15) is 0 Å². The predicted molar refractivity (Wildman–Crippen MR) is 51.8 cm³/mol. The van der Waals surface area contributed by atoms with Crippen molar-refractivity contribution < 1.29 is 4.52 Å². The summed E-state index contributed by atoms with van der Waals surface area (Å²) in [5.74, 6) is 0.966. The third-order valence-electron chi connectivity index (χ3n) is 1.72. The molecule has 0 radical (unpaired) electrons. The van der Waals surface area contributed by atoms with E-state index in [0.717, 1.165) is 5.56 Å². The first-order valence-electron chi connectivity index (χ1n) is 4.15. The molecule has 72 valence electrons. The van der Waals surface area contributed by atoms with Gasteiger partial charge in [-0.25, -0.2) is 0 Å². The first-order valence-corrected chi connectivity index (χ1v) is 4.59. The van der Waals surface area contributed by atoms with Crippen molar-refractivity contribution in [3.05, 3.63) is 30.4 Å². The second-order valence-electron chi connectivity index (χ2n) is 2.81. The van der Waals surface area contributed by atoms with Gasteiger partial charge in [-0.2, -0.15) is 4.98 Å². The van der Waals surface area contributed by atoms with E-state index in [4.69, 9.17) is 16.1 Å². The number of aromatic nitrogens is 3. The zero-order valence-electron chi connectivity index (χ0n) is 7.51. The van der Waals surface area contributed by atoms with Gasteiger partial charge in [0.15, 0.2) is 0 Å². The summed E-state index contributed by atoms with van der Waals surface area (Å²) in [6.07, 6.45) is 3.35. The number of rotatable bonds is 2. The molecule has 2 aromatic heterocycles. The Morgan fingerprint density at radius 2 is 2.07 bits per heavy atom. The van der Waals surface area contributed by atoms with Crippen LogP contribution in [0.5, 0.6) is 0 Å². The summed E-state index contributed by atoms with van der Waals surface area (Å²) in [7, 11) is 0. The number of halogens is 1. The number of pyridine rings is 1. The van der Waals surface area contributed by atoms with Gasteiger partial charge in [-0.3, -0.25) is 4.98 Å². The van der Waals surface area contributed by atoms with Gasteiger partial charge in [-0.1, -0.05) is 5.16 Å². The Labute approximate surface area is 85.9 Å². The summed E-state index contributed by atoms with van der Waals surface area (Å²) in [5.41, 5.74) is 0.868. The molecule has 0 saturated heterocycles. The lowest BCUT2D eigenvalue weighted by molar-refractivity contribution is 0.379. The van der Waals surface area contributed by atoms with Crippen molar-refractivity contribution in [2.45, 2.75) is 12.3 Å². The second kappa shape index (κ2) is 3.75. The Balaban J connectivity index is 2.34. The minimum Gasteiger partial charge on any atom is -0.337 e. The van der Waals surface area contributed by atoms with Crippen molar-refractivity contribution in [1.29, 1.82) is 0 Å². The molecule has 0 aliphatic rings. The van der Waals surface area contributed by atoms with E-state index in [1.54, 1.807) is 19.3 Å². The summed E-state index contributed by atoms with van der Waals surface area (Å²) in [4.78, 5) is 8.04. The lowest BCUT2D eigenvalue weighted by Gasteiger charge is -1.91. The maximum atomic E-state index is 5.80. The van der Waals surface area contributed by atoms with Crippen LogP contribution in [0.15, 0.2) is 29.0 Å². The first kappa shape index (κ1) is 9.15. The van der Waals surface area contributed by atoms with Crippen LogP contribution in [0.3, 0.4) is 0 Å². The van der Waals surface area contributed by atoms with Gasteiger partial charge in [0.05, 0.1) is 0 Å². The van der Waals surface area contributed by atoms with Gasteiger partial charge in [0.25, 0.3) is 0 Å². The smallest absolute Gasteiger partial charge is 0.244 e. The molecule has 2 heterocycles. The van der Waals surface area contributed by atoms with Crippen LogP contribution in [0.2, 0.25) is 0 Å². The van der Waals surface area contributed by atoms with Crippen LogP contribution in [0.1, 0.15) is 18.2 Å². The molecular formula is C9H8ClN3O. The summed E-state index contributed by atoms with van der Waals surface area (Å²) in [5, 5.41) is 3.54. The van der Waals surface area contributed by atoms with E-state index in [0.29, 0.717) is 11.7 Å². The molecule has 2 rings (SSSR count). The van der Waals surface area contributed by atoms with Crippen molar-refractivity contribution >= 4 is 11.6 Å². The van der Waals surface area contributed by atoms with Crippen LogP contribution in [0.4, 0.5) is 0 Å². The zero-order valence-corrected chi connectivity index (χ0v) is 8.27. The molecule has 0 aliphatic heterocycles. The Morgan fingerprint density at radius 1 is 1.36 bits per heavy atom. The monoisotopic (exact) mass is 209 g/mol. The van der Waals surface area contributed by atoms with Crippen molar-refractivity contribution in [2.75, 3.05) is 0 Å². The lowest BCUT2D eigenvalue weighted by atomic mass is 10.2. The molecule has 0 aliphatic carbocycles. The summed E-state index contributed by atoms with van der Waals surface area (Å²) in [6.45, 7) is 1.78. The van der Waals surface area contributed by atoms with Crippen molar-refractivity contribution in [3.8, 4) is 11.4 Å². The highest BCUT2D eigenvalue weighted by Crippen LogP contribution is 2.20. The van der Waals surface area contributed by atoms with Crippen molar-refractivity contribution in [2.24, 2.45) is 0 Å². The van der Waals surface area contributed by atoms with Gasteiger partial charge < -0.3 is 4.52 Å². The maximum absolute atomic E-state index is 5.80. The molecule has 0 saturated carbocycles. The standard InChI is InChI=1S/C9H8ClN3O/c1-6(10)9-12-8(13-14-9)7-2-4-11-5-3-7/h2-6H,1H3/t6-/m0/s1. The van der Waals surface area contributed by atoms with Crippen LogP contribution in [0, 0.1) is 0 Å². The third kappa shape index (κ3) is 1.75. The fourth-order valence-electron chi connectivity index (χ4n) is 1.02. The van der Waals surface area contributed by atoms with Gasteiger partial charge in [0.1, 0.15) is 5.38 Å². The molecule has 4 nitrogen and oxygen atoms in total. The van der Waals surface area contributed by atoms with Crippen molar-refractivity contribution in [1.82, 2.24) is 15.1 Å². The second-order valence-corrected chi connectivity index (χ2v) is 3.46. The number of nitrogens with zero attached hydrogens (tertiary/aromatic N) is 3. The van der Waals surface area contributed by atoms with E-state index in [-0.39, 0.29) is 5.38 Å². The SMILES string of the molecule is C[C@H](Cl)c1nc(-c2ccncc2)no1. The van der Waals surface area contributed by atoms with E-state index < -0.39 is 0 Å². The van der Waals surface area contributed by atoms with Gasteiger partial charge in [0, 0.05) is 18.0 Å². The van der Waals surface area contributed by atoms with Gasteiger partial charge in [-0.05, 0) is 19.1 Å². The first-order chi connectivity index (χ1) is 6.77. The lowest BCUT2D eigenvalue weighted by Crippen LogP contribution is -1.84. The topological polar surface area (TPSA) is 51.8 Å². The Kier molecular flexibility index (Phi) is 2.45. The van der Waals surface area contributed by atoms with Gasteiger partial charge in [-0.15, -0.1) is 11.6 Å². The van der Waals surface area contributed by atoms with Crippen LogP contribution < -0.4 is 0 Å². The highest BCUT2D eigenvalue weighted by atomic mass is 35.5. The molecule has 0 N–H and O–H groups in total. The van der Waals surface area contributed by atoms with Crippen LogP contribution >= 0.6 is 11.6 Å². The highest BCUT2D eigenvalue weighted by molar-refractivity contribution is 6.20. The molecule has 5 heteroatoms. The summed E-state index contributed by atoms with van der Waals surface area (Å²) < 4.78 is 4.97. The molecular weight excluding hydrogens is 202 g/mol. The number of hydrogen-bond acceptors (Lipinski definition) is 4. The largest absolute Gasteiger partial charge is 0.337 e. The van der Waals surface area contributed by atoms with Gasteiger partial charge in [0.2, 0.25) is 11.7 Å². The molecule has 0 aromatic carbocycles. The molecule has 0 amide bonds. The highest BCUT2D eigenvalue weighted by Gasteiger charge is 2.12. The quantitative estimate of drug-likeness (QED) is 0.713. The number of hydrogen-bond donors (Lipinski definition) is 0. The molecule has 0 fully saturated rings. The predicted octanol–water partition coefficient (Wildman–Crippen LogP) is 2.43. The molecule has 1 atom stereocenters. The Morgan fingerprint density at radius 3 is 2.64 bits per heavy atom. The minimum absolute atomic E-state index is 0.266. The third-order valence-corrected chi connectivity index (χ3v) is 1.91. The molecule has 0 bridgehead atoms. The Bertz CT molecular complexity index is 413. The van der Waals surface area contributed by atoms with E-state index in [2.05, 4.69) is 15.1 Å². The summed E-state index contributed by atoms with van der Waals surface area (Å²) >= 11 is 5.80. The van der Waals surface area contributed by atoms with Gasteiger partial charge >= 0.3 is 0 Å². The molecule has 0 unspecified atom stereocenters. The van der Waals surface area contributed by atoms with Crippen LogP contribution in [-0.4, -0.2) is 15.1 Å².